The lowest BCUT2D eigenvalue weighted by atomic mass is 10.1. The zero-order valence-electron chi connectivity index (χ0n) is 8.36. The van der Waals surface area contributed by atoms with Crippen LogP contribution in [0.2, 0.25) is 0 Å². The van der Waals surface area contributed by atoms with Gasteiger partial charge in [0.2, 0.25) is 0 Å². The van der Waals surface area contributed by atoms with Gasteiger partial charge < -0.3 is 9.52 Å². The molecule has 1 aromatic heterocycles. The van der Waals surface area contributed by atoms with Crippen LogP contribution in [0, 0.1) is 5.82 Å². The summed E-state index contributed by atoms with van der Waals surface area (Å²) in [5.74, 6) is 0.202. The third-order valence-electron chi connectivity index (χ3n) is 2.32. The molecule has 0 saturated carbocycles. The third-order valence-corrected chi connectivity index (χ3v) is 2.93. The number of halogens is 2. The van der Waals surface area contributed by atoms with Gasteiger partial charge in [0.15, 0.2) is 0 Å². The molecule has 0 spiro atoms. The van der Waals surface area contributed by atoms with Gasteiger partial charge in [-0.25, -0.2) is 4.39 Å². The fourth-order valence-corrected chi connectivity index (χ4v) is 1.89. The molecule has 0 fully saturated rings. The van der Waals surface area contributed by atoms with E-state index in [0.717, 1.165) is 0 Å². The number of aliphatic hydroxyl groups excluding tert-OH is 1. The van der Waals surface area contributed by atoms with Crippen LogP contribution in [0.4, 0.5) is 4.39 Å². The average molecular weight is 285 g/mol. The van der Waals surface area contributed by atoms with Gasteiger partial charge in [0.05, 0.1) is 16.8 Å². The van der Waals surface area contributed by atoms with Crippen LogP contribution >= 0.6 is 15.9 Å². The van der Waals surface area contributed by atoms with Gasteiger partial charge in [0, 0.05) is 12.0 Å². The highest BCUT2D eigenvalue weighted by Gasteiger charge is 2.16. The summed E-state index contributed by atoms with van der Waals surface area (Å²) in [7, 11) is 0. The second-order valence-corrected chi connectivity index (χ2v) is 4.30. The average Bonchev–Trinajstić information content (AvgIpc) is 2.74. The Kier molecular flexibility index (Phi) is 3.41. The molecule has 2 nitrogen and oxygen atoms in total. The van der Waals surface area contributed by atoms with Crippen molar-refractivity contribution in [2.24, 2.45) is 0 Å². The second kappa shape index (κ2) is 4.80. The molecule has 0 amide bonds. The second-order valence-electron chi connectivity index (χ2n) is 3.44. The predicted octanol–water partition coefficient (Wildman–Crippen LogP) is 3.46. The van der Waals surface area contributed by atoms with Crippen molar-refractivity contribution in [3.63, 3.8) is 0 Å². The molecule has 4 heteroatoms. The topological polar surface area (TPSA) is 33.4 Å². The van der Waals surface area contributed by atoms with Crippen LogP contribution in [0.25, 0.3) is 0 Å². The van der Waals surface area contributed by atoms with Crippen molar-refractivity contribution in [1.82, 2.24) is 0 Å². The van der Waals surface area contributed by atoms with Gasteiger partial charge >= 0.3 is 0 Å². The maximum absolute atomic E-state index is 13.6. The number of aliphatic hydroxyl groups is 1. The molecule has 1 aromatic carbocycles. The van der Waals surface area contributed by atoms with Crippen LogP contribution < -0.4 is 0 Å². The largest absolute Gasteiger partial charge is 0.469 e. The molecule has 2 aromatic rings. The highest BCUT2D eigenvalue weighted by molar-refractivity contribution is 9.10. The smallest absolute Gasteiger partial charge is 0.143 e. The number of hydrogen-bond acceptors (Lipinski definition) is 2. The Balaban J connectivity index is 2.21. The lowest BCUT2D eigenvalue weighted by Crippen LogP contribution is -2.04. The van der Waals surface area contributed by atoms with Gasteiger partial charge in [-0.05, 0) is 34.1 Å². The minimum absolute atomic E-state index is 0.264. The lowest BCUT2D eigenvalue weighted by molar-refractivity contribution is 0.166. The maximum atomic E-state index is 13.6. The van der Waals surface area contributed by atoms with Crippen molar-refractivity contribution in [3.05, 3.63) is 58.2 Å². The number of benzene rings is 1. The van der Waals surface area contributed by atoms with Crippen LogP contribution in [-0.2, 0) is 6.42 Å². The van der Waals surface area contributed by atoms with E-state index in [2.05, 4.69) is 15.9 Å². The van der Waals surface area contributed by atoms with E-state index in [0.29, 0.717) is 10.2 Å². The summed E-state index contributed by atoms with van der Waals surface area (Å²) in [5, 5.41) is 9.88. The highest BCUT2D eigenvalue weighted by Crippen LogP contribution is 2.26. The predicted molar refractivity (Wildman–Crippen MR) is 61.5 cm³/mol. The highest BCUT2D eigenvalue weighted by atomic mass is 79.9. The zero-order valence-corrected chi connectivity index (χ0v) is 9.95. The van der Waals surface area contributed by atoms with Crippen LogP contribution in [0.15, 0.2) is 45.5 Å². The number of hydrogen-bond donors (Lipinski definition) is 1. The van der Waals surface area contributed by atoms with Crippen molar-refractivity contribution < 1.29 is 13.9 Å². The molecular formula is C12H10BrFO2. The van der Waals surface area contributed by atoms with Crippen LogP contribution in [0.3, 0.4) is 0 Å². The quantitative estimate of drug-likeness (QED) is 0.937. The standard InChI is InChI=1S/C12H10BrFO2/c13-10-5-1-4-9(12(10)14)11(15)7-8-3-2-6-16-8/h1-6,11,15H,7H2. The van der Waals surface area contributed by atoms with Gasteiger partial charge in [0.1, 0.15) is 11.6 Å². The van der Waals surface area contributed by atoms with E-state index < -0.39 is 11.9 Å². The molecule has 2 rings (SSSR count). The Morgan fingerprint density at radius 3 is 2.81 bits per heavy atom. The summed E-state index contributed by atoms with van der Waals surface area (Å²) >= 11 is 3.08. The SMILES string of the molecule is OC(Cc1ccco1)c1cccc(Br)c1F. The Morgan fingerprint density at radius 1 is 1.31 bits per heavy atom. The van der Waals surface area contributed by atoms with E-state index in [1.54, 1.807) is 30.3 Å². The molecule has 0 radical (unpaired) electrons. The normalized spacial score (nSPS) is 12.7. The number of furan rings is 1. The van der Waals surface area contributed by atoms with E-state index in [4.69, 9.17) is 4.42 Å². The third kappa shape index (κ3) is 2.33. The Hall–Kier alpha value is -1.13. The molecule has 1 N–H and O–H groups in total. The first-order valence-corrected chi connectivity index (χ1v) is 5.62. The Morgan fingerprint density at radius 2 is 2.12 bits per heavy atom. The fraction of sp³-hybridized carbons (Fsp3) is 0.167. The summed E-state index contributed by atoms with van der Waals surface area (Å²) in [6.45, 7) is 0. The molecule has 0 saturated heterocycles. The first-order valence-electron chi connectivity index (χ1n) is 4.83. The van der Waals surface area contributed by atoms with Crippen LogP contribution in [0.5, 0.6) is 0 Å². The van der Waals surface area contributed by atoms with E-state index in [9.17, 15) is 9.50 Å². The van der Waals surface area contributed by atoms with Crippen molar-refractivity contribution in [2.45, 2.75) is 12.5 Å². The Labute approximate surface area is 101 Å². The van der Waals surface area contributed by atoms with Crippen molar-refractivity contribution in [1.29, 1.82) is 0 Å². The zero-order chi connectivity index (χ0) is 11.5. The van der Waals surface area contributed by atoms with E-state index in [1.165, 1.54) is 6.26 Å². The lowest BCUT2D eigenvalue weighted by Gasteiger charge is -2.11. The molecule has 1 heterocycles. The first-order chi connectivity index (χ1) is 7.68. The summed E-state index contributed by atoms with van der Waals surface area (Å²) in [6.07, 6.45) is 0.892. The minimum Gasteiger partial charge on any atom is -0.469 e. The van der Waals surface area contributed by atoms with E-state index >= 15 is 0 Å². The number of rotatable bonds is 3. The van der Waals surface area contributed by atoms with E-state index in [-0.39, 0.29) is 12.0 Å². The molecule has 84 valence electrons. The fourth-order valence-electron chi connectivity index (χ4n) is 1.51. The molecular weight excluding hydrogens is 275 g/mol. The van der Waals surface area contributed by atoms with Gasteiger partial charge in [-0.2, -0.15) is 0 Å². The molecule has 0 aliphatic rings. The van der Waals surface area contributed by atoms with Gasteiger partial charge in [-0.15, -0.1) is 0 Å². The summed E-state index contributed by atoms with van der Waals surface area (Å²) in [4.78, 5) is 0. The molecule has 0 aliphatic heterocycles. The van der Waals surface area contributed by atoms with Crippen molar-refractivity contribution in [2.75, 3.05) is 0 Å². The van der Waals surface area contributed by atoms with Crippen LogP contribution in [0.1, 0.15) is 17.4 Å². The molecule has 1 atom stereocenters. The monoisotopic (exact) mass is 284 g/mol. The summed E-state index contributed by atoms with van der Waals surface area (Å²) in [5.41, 5.74) is 0.269. The molecule has 0 aliphatic carbocycles. The van der Waals surface area contributed by atoms with Gasteiger partial charge in [-0.3, -0.25) is 0 Å². The molecule has 1 unspecified atom stereocenters. The van der Waals surface area contributed by atoms with Gasteiger partial charge in [-0.1, -0.05) is 12.1 Å². The van der Waals surface area contributed by atoms with Crippen LogP contribution in [-0.4, -0.2) is 5.11 Å². The summed E-state index contributed by atoms with van der Waals surface area (Å²) < 4.78 is 19.1. The Bertz CT molecular complexity index is 468. The van der Waals surface area contributed by atoms with E-state index in [1.807, 2.05) is 0 Å². The van der Waals surface area contributed by atoms with Crippen molar-refractivity contribution in [3.8, 4) is 0 Å². The first kappa shape index (κ1) is 11.4. The minimum atomic E-state index is -0.899. The summed E-state index contributed by atoms with van der Waals surface area (Å²) in [6, 6.07) is 8.33. The molecule has 16 heavy (non-hydrogen) atoms. The van der Waals surface area contributed by atoms with Crippen molar-refractivity contribution >= 4 is 15.9 Å². The maximum Gasteiger partial charge on any atom is 0.143 e. The van der Waals surface area contributed by atoms with Gasteiger partial charge in [0.25, 0.3) is 0 Å². The molecule has 0 bridgehead atoms.